The summed E-state index contributed by atoms with van der Waals surface area (Å²) in [6.45, 7) is 3.05. The second-order valence-corrected chi connectivity index (χ2v) is 8.05. The van der Waals surface area contributed by atoms with Crippen molar-refractivity contribution >= 4 is 0 Å². The second kappa shape index (κ2) is 10.1. The topological polar surface area (TPSA) is 60.6 Å². The molecule has 164 valence electrons. The zero-order valence-corrected chi connectivity index (χ0v) is 18.4. The smallest absolute Gasteiger partial charge is 0.0983 e. The first-order valence-electron chi connectivity index (χ1n) is 11.1. The molecule has 0 atom stereocenters. The molecule has 0 fully saturated rings. The zero-order valence-electron chi connectivity index (χ0n) is 18.4. The Morgan fingerprint density at radius 1 is 0.697 bits per heavy atom. The van der Waals surface area contributed by atoms with Crippen LogP contribution in [0.1, 0.15) is 22.3 Å². The molecule has 0 bridgehead atoms. The van der Waals surface area contributed by atoms with Crippen molar-refractivity contribution in [1.29, 1.82) is 0 Å². The van der Waals surface area contributed by atoms with Gasteiger partial charge in [-0.3, -0.25) is 14.3 Å². The summed E-state index contributed by atoms with van der Waals surface area (Å²) in [5.41, 5.74) is 6.88. The van der Waals surface area contributed by atoms with Gasteiger partial charge in [-0.15, -0.1) is 0 Å². The van der Waals surface area contributed by atoms with Crippen molar-refractivity contribution in [2.45, 2.75) is 26.2 Å². The SMILES string of the molecule is c1ccc(Cn2cc(CNCc3ccc(Cn4cccn4)cc3)c(-c3cccnc3)n2)cc1. The summed E-state index contributed by atoms with van der Waals surface area (Å²) in [5.74, 6) is 0. The first-order chi connectivity index (χ1) is 16.3. The molecule has 0 unspecified atom stereocenters. The highest BCUT2D eigenvalue weighted by atomic mass is 15.3. The molecule has 3 heterocycles. The van der Waals surface area contributed by atoms with Crippen LogP contribution in [0.15, 0.2) is 104 Å². The predicted molar refractivity (Wildman–Crippen MR) is 129 cm³/mol. The average Bonchev–Trinajstić information content (AvgIpc) is 3.51. The lowest BCUT2D eigenvalue weighted by molar-refractivity contribution is 0.675. The highest BCUT2D eigenvalue weighted by Gasteiger charge is 2.12. The molecule has 1 N–H and O–H groups in total. The number of benzene rings is 2. The van der Waals surface area contributed by atoms with Gasteiger partial charge >= 0.3 is 0 Å². The largest absolute Gasteiger partial charge is 0.308 e. The fourth-order valence-corrected chi connectivity index (χ4v) is 3.87. The molecular weight excluding hydrogens is 408 g/mol. The van der Waals surface area contributed by atoms with Crippen molar-refractivity contribution in [3.63, 3.8) is 0 Å². The van der Waals surface area contributed by atoms with E-state index in [1.54, 1.807) is 12.4 Å². The molecule has 33 heavy (non-hydrogen) atoms. The van der Waals surface area contributed by atoms with E-state index in [0.29, 0.717) is 0 Å². The van der Waals surface area contributed by atoms with Crippen LogP contribution in [0, 0.1) is 0 Å². The lowest BCUT2D eigenvalue weighted by Gasteiger charge is -2.07. The van der Waals surface area contributed by atoms with Gasteiger partial charge in [0.2, 0.25) is 0 Å². The van der Waals surface area contributed by atoms with Crippen LogP contribution in [0.3, 0.4) is 0 Å². The summed E-state index contributed by atoms with van der Waals surface area (Å²) in [6, 6.07) is 25.0. The minimum Gasteiger partial charge on any atom is -0.308 e. The highest BCUT2D eigenvalue weighted by Crippen LogP contribution is 2.22. The standard InChI is InChI=1S/C27H26N6/c1-2-6-23(7-3-1)20-33-21-26(27(31-33)25-8-4-13-28-17-25)18-29-16-22-9-11-24(12-10-22)19-32-15-5-14-30-32/h1-15,17,21,29H,16,18-20H2. The van der Waals surface area contributed by atoms with E-state index < -0.39 is 0 Å². The van der Waals surface area contributed by atoms with E-state index in [1.807, 2.05) is 40.0 Å². The second-order valence-electron chi connectivity index (χ2n) is 8.05. The number of pyridine rings is 1. The Hall–Kier alpha value is -4.03. The summed E-state index contributed by atoms with van der Waals surface area (Å²) >= 11 is 0. The zero-order chi connectivity index (χ0) is 22.3. The Morgan fingerprint density at radius 2 is 1.48 bits per heavy atom. The third-order valence-electron chi connectivity index (χ3n) is 5.53. The van der Waals surface area contributed by atoms with Crippen molar-refractivity contribution in [2.24, 2.45) is 0 Å². The molecule has 5 aromatic rings. The Labute approximate surface area is 193 Å². The Morgan fingerprint density at radius 3 is 2.24 bits per heavy atom. The third kappa shape index (κ3) is 5.42. The summed E-state index contributed by atoms with van der Waals surface area (Å²) in [6.07, 6.45) is 9.58. The molecule has 0 saturated carbocycles. The summed E-state index contributed by atoms with van der Waals surface area (Å²) in [4.78, 5) is 4.28. The molecule has 3 aromatic heterocycles. The van der Waals surface area contributed by atoms with Crippen molar-refractivity contribution in [1.82, 2.24) is 29.9 Å². The van der Waals surface area contributed by atoms with Gasteiger partial charge in [0.15, 0.2) is 0 Å². The minimum atomic E-state index is 0.730. The van der Waals surface area contributed by atoms with Gasteiger partial charge in [-0.05, 0) is 34.9 Å². The predicted octanol–water partition coefficient (Wildman–Crippen LogP) is 4.53. The molecule has 0 amide bonds. The monoisotopic (exact) mass is 434 g/mol. The van der Waals surface area contributed by atoms with Gasteiger partial charge in [-0.1, -0.05) is 54.6 Å². The molecule has 0 saturated heterocycles. The summed E-state index contributed by atoms with van der Waals surface area (Å²) in [7, 11) is 0. The normalized spacial score (nSPS) is 11.0. The molecule has 0 radical (unpaired) electrons. The highest BCUT2D eigenvalue weighted by molar-refractivity contribution is 5.61. The van der Waals surface area contributed by atoms with Crippen LogP contribution in [-0.2, 0) is 26.2 Å². The number of hydrogen-bond donors (Lipinski definition) is 1. The molecule has 0 aliphatic rings. The molecule has 0 spiro atoms. The van der Waals surface area contributed by atoms with Gasteiger partial charge in [0, 0.05) is 55.2 Å². The quantitative estimate of drug-likeness (QED) is 0.370. The van der Waals surface area contributed by atoms with Gasteiger partial charge in [0.25, 0.3) is 0 Å². The number of rotatable bonds is 9. The van der Waals surface area contributed by atoms with Crippen molar-refractivity contribution < 1.29 is 0 Å². The van der Waals surface area contributed by atoms with Crippen molar-refractivity contribution in [2.75, 3.05) is 0 Å². The Bertz CT molecular complexity index is 1260. The van der Waals surface area contributed by atoms with Gasteiger partial charge < -0.3 is 5.32 Å². The number of nitrogens with zero attached hydrogens (tertiary/aromatic N) is 5. The lowest BCUT2D eigenvalue weighted by atomic mass is 10.1. The first-order valence-corrected chi connectivity index (χ1v) is 11.1. The van der Waals surface area contributed by atoms with Crippen LogP contribution in [-0.4, -0.2) is 24.5 Å². The molecule has 5 rings (SSSR count). The van der Waals surface area contributed by atoms with Gasteiger partial charge in [-0.2, -0.15) is 10.2 Å². The number of nitrogens with one attached hydrogen (secondary N) is 1. The van der Waals surface area contributed by atoms with E-state index >= 15 is 0 Å². The van der Waals surface area contributed by atoms with Crippen LogP contribution in [0.5, 0.6) is 0 Å². The fourth-order valence-electron chi connectivity index (χ4n) is 3.87. The lowest BCUT2D eigenvalue weighted by Crippen LogP contribution is -2.13. The van der Waals surface area contributed by atoms with Crippen molar-refractivity contribution in [3.05, 3.63) is 126 Å². The third-order valence-corrected chi connectivity index (χ3v) is 5.53. The fraction of sp³-hybridized carbons (Fsp3) is 0.148. The minimum absolute atomic E-state index is 0.730. The summed E-state index contributed by atoms with van der Waals surface area (Å²) in [5, 5.41) is 12.7. The molecular formula is C27H26N6. The summed E-state index contributed by atoms with van der Waals surface area (Å²) < 4.78 is 3.94. The van der Waals surface area contributed by atoms with E-state index in [-0.39, 0.29) is 0 Å². The van der Waals surface area contributed by atoms with Gasteiger partial charge in [0.1, 0.15) is 0 Å². The molecule has 6 nitrogen and oxygen atoms in total. The maximum Gasteiger partial charge on any atom is 0.0983 e. The Kier molecular flexibility index (Phi) is 6.36. The van der Waals surface area contributed by atoms with Crippen LogP contribution >= 0.6 is 0 Å². The molecule has 6 heteroatoms. The van der Waals surface area contributed by atoms with Crippen LogP contribution in [0.2, 0.25) is 0 Å². The first kappa shape index (κ1) is 20.8. The van der Waals surface area contributed by atoms with E-state index in [1.165, 1.54) is 16.7 Å². The van der Waals surface area contributed by atoms with E-state index in [0.717, 1.165) is 43.0 Å². The number of aromatic nitrogens is 5. The van der Waals surface area contributed by atoms with Crippen LogP contribution in [0.4, 0.5) is 0 Å². The van der Waals surface area contributed by atoms with Crippen LogP contribution < -0.4 is 5.32 Å². The maximum absolute atomic E-state index is 4.88. The molecule has 0 aliphatic carbocycles. The number of hydrogen-bond acceptors (Lipinski definition) is 4. The average molecular weight is 435 g/mol. The van der Waals surface area contributed by atoms with E-state index in [4.69, 9.17) is 5.10 Å². The molecule has 0 aliphatic heterocycles. The van der Waals surface area contributed by atoms with Crippen molar-refractivity contribution in [3.8, 4) is 11.3 Å². The van der Waals surface area contributed by atoms with E-state index in [9.17, 15) is 0 Å². The Balaban J connectivity index is 1.26. The van der Waals surface area contributed by atoms with Crippen LogP contribution in [0.25, 0.3) is 11.3 Å². The van der Waals surface area contributed by atoms with Gasteiger partial charge in [-0.25, -0.2) is 0 Å². The maximum atomic E-state index is 4.88. The van der Waals surface area contributed by atoms with E-state index in [2.05, 4.69) is 76.2 Å². The van der Waals surface area contributed by atoms with Gasteiger partial charge in [0.05, 0.1) is 18.8 Å². The molecule has 2 aromatic carbocycles.